The Bertz CT molecular complexity index is 469. The molecule has 0 amide bonds. The van der Waals surface area contributed by atoms with Crippen molar-refractivity contribution in [3.8, 4) is 0 Å². The van der Waals surface area contributed by atoms with Crippen molar-refractivity contribution in [2.75, 3.05) is 5.32 Å². The van der Waals surface area contributed by atoms with Gasteiger partial charge < -0.3 is 5.32 Å². The molecule has 0 fully saturated rings. The minimum absolute atomic E-state index is 0.753. The fourth-order valence-electron chi connectivity index (χ4n) is 1.48. The lowest BCUT2D eigenvalue weighted by Gasteiger charge is -2.09. The van der Waals surface area contributed by atoms with Gasteiger partial charge in [0.1, 0.15) is 0 Å². The SMILES string of the molecule is Cc1ccc(Cl)cc1NCc1ccncc1. The lowest BCUT2D eigenvalue weighted by atomic mass is 10.2. The number of hydrogen-bond donors (Lipinski definition) is 1. The molecule has 2 nitrogen and oxygen atoms in total. The first-order valence-electron chi connectivity index (χ1n) is 5.14. The molecule has 0 spiro atoms. The Balaban J connectivity index is 2.08. The number of aromatic nitrogens is 1. The molecule has 0 aliphatic heterocycles. The Labute approximate surface area is 100 Å². The van der Waals surface area contributed by atoms with E-state index in [4.69, 9.17) is 11.6 Å². The lowest BCUT2D eigenvalue weighted by molar-refractivity contribution is 1.12. The second kappa shape index (κ2) is 4.99. The molecule has 0 bridgehead atoms. The monoisotopic (exact) mass is 232 g/mol. The summed E-state index contributed by atoms with van der Waals surface area (Å²) in [6, 6.07) is 9.84. The number of nitrogens with zero attached hydrogens (tertiary/aromatic N) is 1. The summed E-state index contributed by atoms with van der Waals surface area (Å²) >= 11 is 5.95. The second-order valence-corrected chi connectivity index (χ2v) is 4.10. The van der Waals surface area contributed by atoms with Crippen molar-refractivity contribution in [3.05, 3.63) is 58.9 Å². The van der Waals surface area contributed by atoms with Gasteiger partial charge in [-0.25, -0.2) is 0 Å². The Morgan fingerprint density at radius 2 is 1.94 bits per heavy atom. The molecule has 0 unspecified atom stereocenters. The highest BCUT2D eigenvalue weighted by Gasteiger charge is 1.99. The van der Waals surface area contributed by atoms with Crippen LogP contribution in [0.1, 0.15) is 11.1 Å². The van der Waals surface area contributed by atoms with Crippen LogP contribution < -0.4 is 5.32 Å². The van der Waals surface area contributed by atoms with E-state index in [0.29, 0.717) is 0 Å². The highest BCUT2D eigenvalue weighted by Crippen LogP contribution is 2.20. The minimum atomic E-state index is 0.753. The molecule has 16 heavy (non-hydrogen) atoms. The first-order chi connectivity index (χ1) is 7.75. The van der Waals surface area contributed by atoms with E-state index < -0.39 is 0 Å². The zero-order valence-corrected chi connectivity index (χ0v) is 9.83. The van der Waals surface area contributed by atoms with Gasteiger partial charge in [-0.1, -0.05) is 17.7 Å². The van der Waals surface area contributed by atoms with Gasteiger partial charge in [-0.2, -0.15) is 0 Å². The summed E-state index contributed by atoms with van der Waals surface area (Å²) in [4.78, 5) is 3.98. The van der Waals surface area contributed by atoms with Crippen molar-refractivity contribution in [1.82, 2.24) is 4.98 Å². The van der Waals surface area contributed by atoms with Crippen LogP contribution in [0.25, 0.3) is 0 Å². The van der Waals surface area contributed by atoms with E-state index in [2.05, 4.69) is 17.2 Å². The minimum Gasteiger partial charge on any atom is -0.381 e. The number of hydrogen-bond acceptors (Lipinski definition) is 2. The van der Waals surface area contributed by atoms with Crippen molar-refractivity contribution in [3.63, 3.8) is 0 Å². The maximum Gasteiger partial charge on any atom is 0.0426 e. The van der Waals surface area contributed by atoms with Crippen LogP contribution in [0, 0.1) is 6.92 Å². The number of anilines is 1. The molecule has 0 atom stereocenters. The molecular formula is C13H13ClN2. The molecule has 0 saturated heterocycles. The standard InChI is InChI=1S/C13H13ClN2/c1-10-2-3-12(14)8-13(10)16-9-11-4-6-15-7-5-11/h2-8,16H,9H2,1H3. The van der Waals surface area contributed by atoms with E-state index in [1.165, 1.54) is 11.1 Å². The van der Waals surface area contributed by atoms with Gasteiger partial charge in [0.2, 0.25) is 0 Å². The summed E-state index contributed by atoms with van der Waals surface area (Å²) in [5.41, 5.74) is 3.47. The van der Waals surface area contributed by atoms with Crippen LogP contribution >= 0.6 is 11.6 Å². The van der Waals surface area contributed by atoms with Crippen molar-refractivity contribution in [2.24, 2.45) is 0 Å². The molecule has 0 aliphatic carbocycles. The Hall–Kier alpha value is -1.54. The molecule has 1 aromatic carbocycles. The van der Waals surface area contributed by atoms with E-state index in [0.717, 1.165) is 17.3 Å². The van der Waals surface area contributed by atoms with Gasteiger partial charge in [-0.15, -0.1) is 0 Å². The fourth-order valence-corrected chi connectivity index (χ4v) is 1.65. The van der Waals surface area contributed by atoms with E-state index in [1.54, 1.807) is 12.4 Å². The molecule has 1 aromatic heterocycles. The van der Waals surface area contributed by atoms with Crippen LogP contribution in [0.3, 0.4) is 0 Å². The lowest BCUT2D eigenvalue weighted by Crippen LogP contribution is -2.00. The number of benzene rings is 1. The van der Waals surface area contributed by atoms with Gasteiger partial charge in [0.05, 0.1) is 0 Å². The highest BCUT2D eigenvalue weighted by atomic mass is 35.5. The van der Waals surface area contributed by atoms with E-state index >= 15 is 0 Å². The summed E-state index contributed by atoms with van der Waals surface area (Å²) in [6.45, 7) is 2.84. The van der Waals surface area contributed by atoms with Crippen molar-refractivity contribution >= 4 is 17.3 Å². The van der Waals surface area contributed by atoms with E-state index in [9.17, 15) is 0 Å². The third kappa shape index (κ3) is 2.74. The molecule has 0 radical (unpaired) electrons. The number of aryl methyl sites for hydroxylation is 1. The van der Waals surface area contributed by atoms with Crippen molar-refractivity contribution in [1.29, 1.82) is 0 Å². The van der Waals surface area contributed by atoms with Gasteiger partial charge in [0.15, 0.2) is 0 Å². The molecule has 82 valence electrons. The van der Waals surface area contributed by atoms with Gasteiger partial charge >= 0.3 is 0 Å². The topological polar surface area (TPSA) is 24.9 Å². The normalized spacial score (nSPS) is 10.1. The molecule has 1 heterocycles. The van der Waals surface area contributed by atoms with Crippen LogP contribution in [0.15, 0.2) is 42.7 Å². The van der Waals surface area contributed by atoms with Crippen LogP contribution in [0.4, 0.5) is 5.69 Å². The van der Waals surface area contributed by atoms with Crippen LogP contribution in [0.2, 0.25) is 5.02 Å². The Kier molecular flexibility index (Phi) is 3.42. The predicted molar refractivity (Wildman–Crippen MR) is 67.8 cm³/mol. The third-order valence-electron chi connectivity index (χ3n) is 2.43. The van der Waals surface area contributed by atoms with Gasteiger partial charge in [-0.05, 0) is 42.3 Å². The molecule has 0 aliphatic rings. The fraction of sp³-hybridized carbons (Fsp3) is 0.154. The van der Waals surface area contributed by atoms with Crippen LogP contribution in [0.5, 0.6) is 0 Å². The van der Waals surface area contributed by atoms with Crippen molar-refractivity contribution in [2.45, 2.75) is 13.5 Å². The molecule has 2 rings (SSSR count). The van der Waals surface area contributed by atoms with Crippen LogP contribution in [-0.4, -0.2) is 4.98 Å². The van der Waals surface area contributed by atoms with E-state index in [1.807, 2.05) is 30.3 Å². The van der Waals surface area contributed by atoms with Crippen molar-refractivity contribution < 1.29 is 0 Å². The maximum absolute atomic E-state index is 5.95. The molecule has 0 saturated carbocycles. The Morgan fingerprint density at radius 3 is 2.69 bits per heavy atom. The summed E-state index contributed by atoms with van der Waals surface area (Å²) < 4.78 is 0. The number of pyridine rings is 1. The van der Waals surface area contributed by atoms with Gasteiger partial charge in [0.25, 0.3) is 0 Å². The predicted octanol–water partition coefficient (Wildman–Crippen LogP) is 3.66. The number of rotatable bonds is 3. The zero-order chi connectivity index (χ0) is 11.4. The summed E-state index contributed by atoms with van der Waals surface area (Å²) in [5.74, 6) is 0. The molecule has 3 heteroatoms. The molecule has 1 N–H and O–H groups in total. The smallest absolute Gasteiger partial charge is 0.0426 e. The number of nitrogens with one attached hydrogen (secondary N) is 1. The van der Waals surface area contributed by atoms with Gasteiger partial charge in [0, 0.05) is 29.6 Å². The largest absolute Gasteiger partial charge is 0.381 e. The second-order valence-electron chi connectivity index (χ2n) is 3.67. The average molecular weight is 233 g/mol. The first kappa shape index (κ1) is 11.0. The molecular weight excluding hydrogens is 220 g/mol. The maximum atomic E-state index is 5.95. The highest BCUT2D eigenvalue weighted by molar-refractivity contribution is 6.30. The van der Waals surface area contributed by atoms with Gasteiger partial charge in [-0.3, -0.25) is 4.98 Å². The molecule has 2 aromatic rings. The summed E-state index contributed by atoms with van der Waals surface area (Å²) in [7, 11) is 0. The quantitative estimate of drug-likeness (QED) is 0.874. The zero-order valence-electron chi connectivity index (χ0n) is 9.07. The number of halogens is 1. The summed E-state index contributed by atoms with van der Waals surface area (Å²) in [5, 5.41) is 4.11. The van der Waals surface area contributed by atoms with Crippen LogP contribution in [-0.2, 0) is 6.54 Å². The van der Waals surface area contributed by atoms with E-state index in [-0.39, 0.29) is 0 Å². The summed E-state index contributed by atoms with van der Waals surface area (Å²) in [6.07, 6.45) is 3.59. The average Bonchev–Trinajstić information content (AvgIpc) is 2.32. The Morgan fingerprint density at radius 1 is 1.19 bits per heavy atom. The first-order valence-corrected chi connectivity index (χ1v) is 5.52. The third-order valence-corrected chi connectivity index (χ3v) is 2.67.